The smallest absolute Gasteiger partial charge is 0.0811 e. The van der Waals surface area contributed by atoms with Gasteiger partial charge in [0.2, 0.25) is 0 Å². The molecule has 3 heteroatoms. The molecule has 0 unspecified atom stereocenters. The fraction of sp³-hybridized carbons (Fsp3) is 1.00. The number of hydrogen-bond acceptors (Lipinski definition) is 1. The topological polar surface area (TPSA) is 12.0 Å². The second-order valence-corrected chi connectivity index (χ2v) is 4.24. The Bertz CT molecular complexity index is 8.00. The molecule has 1 N–H and O–H groups in total. The van der Waals surface area contributed by atoms with Crippen molar-refractivity contribution in [3.05, 3.63) is 0 Å². The molecule has 0 rings (SSSR count). The Morgan fingerprint density at radius 3 is 2.25 bits per heavy atom. The normalized spacial score (nSPS) is 11.2. The molecule has 0 spiro atoms. The summed E-state index contributed by atoms with van der Waals surface area (Å²) in [6.45, 7) is 2.24. The minimum Gasteiger partial charge on any atom is -0.372 e. The highest BCUT2D eigenvalue weighted by Gasteiger charge is 1.53. The van der Waals surface area contributed by atoms with Crippen molar-refractivity contribution in [2.45, 2.75) is 6.55 Å². The van der Waals surface area contributed by atoms with Crippen molar-refractivity contribution < 1.29 is 0 Å². The Kier molecular flexibility index (Phi) is 3.73. The van der Waals surface area contributed by atoms with Gasteiger partial charge in [0.1, 0.15) is 0 Å². The molecule has 0 bridgehead atoms. The molecule has 0 aromatic rings. The van der Waals surface area contributed by atoms with Crippen LogP contribution in [0.3, 0.4) is 0 Å². The molecule has 0 aromatic heterocycles. The van der Waals surface area contributed by atoms with Gasteiger partial charge in [0.15, 0.2) is 0 Å². The first-order chi connectivity index (χ1) is 1.91. The molecule has 26 valence electrons. The summed E-state index contributed by atoms with van der Waals surface area (Å²) in [5.41, 5.74) is 0. The summed E-state index contributed by atoms with van der Waals surface area (Å²) >= 11 is 0. The maximum atomic E-state index is 3.21. The molecule has 0 aliphatic heterocycles. The monoisotopic (exact) mass is 91.0 g/mol. The molecule has 0 saturated heterocycles. The zero-order valence-corrected chi connectivity index (χ0v) is 6.62. The van der Waals surface area contributed by atoms with Gasteiger partial charge < -0.3 is 4.65 Å². The van der Waals surface area contributed by atoms with E-state index in [1.807, 2.05) is 0 Å². The van der Waals surface area contributed by atoms with Gasteiger partial charge in [-0.1, -0.05) is 6.55 Å². The van der Waals surface area contributed by atoms with Crippen molar-refractivity contribution >= 4 is 20.1 Å². The Labute approximate surface area is 32.2 Å². The van der Waals surface area contributed by atoms with E-state index in [4.69, 9.17) is 0 Å². The van der Waals surface area contributed by atoms with Crippen LogP contribution in [0.5, 0.6) is 0 Å². The van der Waals surface area contributed by atoms with Crippen LogP contribution >= 0.6 is 0 Å². The van der Waals surface area contributed by atoms with Crippen LogP contribution in [0.1, 0.15) is 0 Å². The first-order valence-electron chi connectivity index (χ1n) is 1.56. The molecule has 0 fully saturated rings. The van der Waals surface area contributed by atoms with Crippen LogP contribution < -0.4 is 4.65 Å². The lowest BCUT2D eigenvalue weighted by atomic mass is 11.9. The van der Waals surface area contributed by atoms with Gasteiger partial charge in [0.05, 0.1) is 20.1 Å². The molecule has 1 nitrogen and oxygen atoms in total. The van der Waals surface area contributed by atoms with Crippen LogP contribution in [0, 0.1) is 0 Å². The highest BCUT2D eigenvalue weighted by molar-refractivity contribution is 6.40. The highest BCUT2D eigenvalue weighted by atomic mass is 28.3. The average molecular weight is 91.3 g/mol. The van der Waals surface area contributed by atoms with Crippen molar-refractivity contribution in [2.24, 2.45) is 0 Å². The van der Waals surface area contributed by atoms with E-state index >= 15 is 0 Å². The predicted molar refractivity (Wildman–Crippen MR) is 27.5 cm³/mol. The lowest BCUT2D eigenvalue weighted by Crippen LogP contribution is -2.08. The first-order valence-corrected chi connectivity index (χ1v) is 4.68. The van der Waals surface area contributed by atoms with Crippen molar-refractivity contribution in [1.82, 2.24) is 4.65 Å². The van der Waals surface area contributed by atoms with E-state index in [9.17, 15) is 0 Å². The molecular formula is CH9NSi2. The molecule has 0 amide bonds. The van der Waals surface area contributed by atoms with Crippen LogP contribution in [0.2, 0.25) is 6.55 Å². The molecule has 4 heavy (non-hydrogen) atoms. The van der Waals surface area contributed by atoms with Gasteiger partial charge >= 0.3 is 0 Å². The third kappa shape index (κ3) is 2.39. The van der Waals surface area contributed by atoms with Crippen LogP contribution in [0.15, 0.2) is 0 Å². The quantitative estimate of drug-likeness (QED) is 0.368. The van der Waals surface area contributed by atoms with Gasteiger partial charge in [-0.05, 0) is 0 Å². The molecule has 0 aliphatic rings. The minimum atomic E-state index is 0.236. The lowest BCUT2D eigenvalue weighted by Gasteiger charge is -1.74. The zero-order valence-electron chi connectivity index (χ0n) is 3.21. The van der Waals surface area contributed by atoms with Gasteiger partial charge in [-0.3, -0.25) is 0 Å². The van der Waals surface area contributed by atoms with Gasteiger partial charge in [-0.2, -0.15) is 0 Å². The molecular weight excluding hydrogens is 82.2 g/mol. The standard InChI is InChI=1S/CH9NSi2/c1-4-2-3/h2H,4H2,1,3H3. The van der Waals surface area contributed by atoms with Gasteiger partial charge in [0.25, 0.3) is 0 Å². The second kappa shape index (κ2) is 3.39. The first kappa shape index (κ1) is 4.39. The Morgan fingerprint density at radius 1 is 2.00 bits per heavy atom. The van der Waals surface area contributed by atoms with Crippen LogP contribution in [0.25, 0.3) is 0 Å². The second-order valence-electron chi connectivity index (χ2n) is 0.707. The third-order valence-corrected chi connectivity index (χ3v) is 3.18. The van der Waals surface area contributed by atoms with E-state index in [2.05, 4.69) is 11.2 Å². The third-order valence-electron chi connectivity index (χ3n) is 0.354. The van der Waals surface area contributed by atoms with E-state index in [0.29, 0.717) is 0 Å². The van der Waals surface area contributed by atoms with Gasteiger partial charge in [-0.25, -0.2) is 0 Å². The molecule has 0 heterocycles. The van der Waals surface area contributed by atoms with Crippen LogP contribution in [0.4, 0.5) is 0 Å². The van der Waals surface area contributed by atoms with Crippen molar-refractivity contribution in [3.8, 4) is 0 Å². The summed E-state index contributed by atoms with van der Waals surface area (Å²) in [5, 5.41) is 0. The van der Waals surface area contributed by atoms with Crippen LogP contribution in [-0.2, 0) is 0 Å². The van der Waals surface area contributed by atoms with E-state index < -0.39 is 0 Å². The number of nitrogens with one attached hydrogen (secondary N) is 1. The predicted octanol–water partition coefficient (Wildman–Crippen LogP) is -2.01. The van der Waals surface area contributed by atoms with Crippen molar-refractivity contribution in [1.29, 1.82) is 0 Å². The van der Waals surface area contributed by atoms with E-state index in [1.165, 1.54) is 10.4 Å². The lowest BCUT2D eigenvalue weighted by molar-refractivity contribution is 1.62. The maximum absolute atomic E-state index is 3.21. The summed E-state index contributed by atoms with van der Waals surface area (Å²) in [6, 6.07) is 0. The summed E-state index contributed by atoms with van der Waals surface area (Å²) in [7, 11) is 1.44. The van der Waals surface area contributed by atoms with Gasteiger partial charge in [0, 0.05) is 0 Å². The Morgan fingerprint density at radius 2 is 2.25 bits per heavy atom. The summed E-state index contributed by atoms with van der Waals surface area (Å²) in [5.74, 6) is 0. The van der Waals surface area contributed by atoms with Gasteiger partial charge in [-0.15, -0.1) is 0 Å². The molecule has 0 aromatic carbocycles. The van der Waals surface area contributed by atoms with E-state index in [0.717, 1.165) is 0 Å². The zero-order chi connectivity index (χ0) is 3.41. The largest absolute Gasteiger partial charge is 0.372 e. The summed E-state index contributed by atoms with van der Waals surface area (Å²) in [4.78, 5) is 0. The summed E-state index contributed by atoms with van der Waals surface area (Å²) < 4.78 is 3.21. The average Bonchev–Trinajstić information content (AvgIpc) is 1.37. The van der Waals surface area contributed by atoms with E-state index in [1.54, 1.807) is 0 Å². The molecule has 0 saturated carbocycles. The number of rotatable bonds is 1. The van der Waals surface area contributed by atoms with E-state index in [-0.39, 0.29) is 9.68 Å². The fourth-order valence-electron chi connectivity index (χ4n) is 0. The Hall–Kier alpha value is 0.394. The number of hydrogen-bond donors (Lipinski definition) is 1. The molecule has 0 radical (unpaired) electrons. The van der Waals surface area contributed by atoms with Crippen LogP contribution in [-0.4, -0.2) is 20.1 Å². The van der Waals surface area contributed by atoms with Crippen molar-refractivity contribution in [2.75, 3.05) is 0 Å². The maximum Gasteiger partial charge on any atom is 0.0811 e. The molecule has 0 atom stereocenters. The fourth-order valence-corrected chi connectivity index (χ4v) is 0. The van der Waals surface area contributed by atoms with Crippen molar-refractivity contribution in [3.63, 3.8) is 0 Å². The summed E-state index contributed by atoms with van der Waals surface area (Å²) in [6.07, 6.45) is 0. The minimum absolute atomic E-state index is 0.236. The SMILES string of the molecule is C[SiH2]N[SiH3]. The molecule has 0 aliphatic carbocycles. The highest BCUT2D eigenvalue weighted by Crippen LogP contribution is 1.28. The Balaban J connectivity index is 1.97.